The molecule has 4 rings (SSSR count). The van der Waals surface area contributed by atoms with Crippen molar-refractivity contribution in [2.75, 3.05) is 18.2 Å². The van der Waals surface area contributed by atoms with Crippen LogP contribution in [-0.4, -0.2) is 43.6 Å². The van der Waals surface area contributed by atoms with E-state index in [0.717, 1.165) is 22.0 Å². The highest BCUT2D eigenvalue weighted by molar-refractivity contribution is 7.98. The number of aromatic nitrogens is 5. The van der Waals surface area contributed by atoms with Crippen LogP contribution in [0.25, 0.3) is 16.7 Å². The van der Waals surface area contributed by atoms with Gasteiger partial charge in [0.25, 0.3) is 0 Å². The third-order valence-corrected chi connectivity index (χ3v) is 5.58. The second-order valence-corrected chi connectivity index (χ2v) is 7.94. The van der Waals surface area contributed by atoms with Crippen molar-refractivity contribution in [1.29, 1.82) is 5.26 Å². The Morgan fingerprint density at radius 2 is 2.06 bits per heavy atom. The highest BCUT2D eigenvalue weighted by Crippen LogP contribution is 2.28. The van der Waals surface area contributed by atoms with Gasteiger partial charge in [-0.15, -0.1) is 0 Å². The number of hydrogen-bond donors (Lipinski definition) is 1. The van der Waals surface area contributed by atoms with Gasteiger partial charge in [0.05, 0.1) is 18.3 Å². The Labute approximate surface area is 194 Å². The standard InChI is InChI=1S/C23H21N7O2S/c1-5-32-22(31)17-12-25-23(33-4)29-20(17)28-21-15(10-24)11-26-30(21)18-9-14(3)16-8-6-7-13(2)19(16)27-18/h6-9,11-12H,5H2,1-4H3,(H,25,28,29). The van der Waals surface area contributed by atoms with E-state index < -0.39 is 5.97 Å². The molecule has 0 unspecified atom stereocenters. The number of rotatable bonds is 6. The van der Waals surface area contributed by atoms with Gasteiger partial charge in [0.1, 0.15) is 17.2 Å². The van der Waals surface area contributed by atoms with Crippen LogP contribution in [0, 0.1) is 25.2 Å². The molecular weight excluding hydrogens is 438 g/mol. The second-order valence-electron chi connectivity index (χ2n) is 7.16. The van der Waals surface area contributed by atoms with Crippen molar-refractivity contribution in [3.63, 3.8) is 0 Å². The SMILES string of the molecule is CCOC(=O)c1cnc(SC)nc1Nc1c(C#N)cnn1-c1cc(C)c2cccc(C)c2n1. The van der Waals surface area contributed by atoms with E-state index in [-0.39, 0.29) is 23.6 Å². The van der Waals surface area contributed by atoms with E-state index in [4.69, 9.17) is 9.72 Å². The number of nitrogens with zero attached hydrogens (tertiary/aromatic N) is 6. The van der Waals surface area contributed by atoms with Gasteiger partial charge < -0.3 is 10.1 Å². The number of esters is 1. The van der Waals surface area contributed by atoms with E-state index >= 15 is 0 Å². The van der Waals surface area contributed by atoms with Gasteiger partial charge in [0.2, 0.25) is 0 Å². The predicted molar refractivity (Wildman–Crippen MR) is 126 cm³/mol. The van der Waals surface area contributed by atoms with Crippen molar-refractivity contribution in [1.82, 2.24) is 24.7 Å². The summed E-state index contributed by atoms with van der Waals surface area (Å²) in [7, 11) is 0. The van der Waals surface area contributed by atoms with Crippen LogP contribution in [0.15, 0.2) is 41.8 Å². The van der Waals surface area contributed by atoms with Gasteiger partial charge in [-0.3, -0.25) is 0 Å². The van der Waals surface area contributed by atoms with Crippen molar-refractivity contribution >= 4 is 40.3 Å². The third kappa shape index (κ3) is 4.23. The van der Waals surface area contributed by atoms with E-state index in [1.54, 1.807) is 6.92 Å². The molecule has 0 bridgehead atoms. The molecule has 33 heavy (non-hydrogen) atoms. The van der Waals surface area contributed by atoms with Gasteiger partial charge in [-0.2, -0.15) is 15.0 Å². The summed E-state index contributed by atoms with van der Waals surface area (Å²) in [5.41, 5.74) is 3.34. The van der Waals surface area contributed by atoms with Gasteiger partial charge in [-0.1, -0.05) is 30.0 Å². The molecule has 10 heteroatoms. The van der Waals surface area contributed by atoms with Crippen LogP contribution >= 0.6 is 11.8 Å². The number of carbonyl (C=O) groups is 1. The summed E-state index contributed by atoms with van der Waals surface area (Å²) in [6, 6.07) is 10.1. The van der Waals surface area contributed by atoms with E-state index in [9.17, 15) is 10.1 Å². The zero-order valence-electron chi connectivity index (χ0n) is 18.6. The molecule has 0 spiro atoms. The summed E-state index contributed by atoms with van der Waals surface area (Å²) >= 11 is 1.33. The number of aryl methyl sites for hydroxylation is 2. The molecule has 3 heterocycles. The Morgan fingerprint density at radius 3 is 2.79 bits per heavy atom. The molecule has 0 saturated carbocycles. The summed E-state index contributed by atoms with van der Waals surface area (Å²) in [5.74, 6) is 0.538. The largest absolute Gasteiger partial charge is 0.462 e. The molecule has 0 atom stereocenters. The molecule has 0 aliphatic heterocycles. The van der Waals surface area contributed by atoms with Crippen LogP contribution in [0.5, 0.6) is 0 Å². The number of carbonyl (C=O) groups excluding carboxylic acids is 1. The number of nitriles is 1. The molecule has 0 amide bonds. The number of anilines is 2. The summed E-state index contributed by atoms with van der Waals surface area (Å²) in [6.45, 7) is 5.94. The summed E-state index contributed by atoms with van der Waals surface area (Å²) in [4.78, 5) is 25.9. The number of ether oxygens (including phenoxy) is 1. The van der Waals surface area contributed by atoms with Crippen LogP contribution in [-0.2, 0) is 4.74 Å². The highest BCUT2D eigenvalue weighted by Gasteiger charge is 2.21. The average molecular weight is 460 g/mol. The Bertz CT molecular complexity index is 1410. The van der Waals surface area contributed by atoms with Gasteiger partial charge in [-0.05, 0) is 44.2 Å². The lowest BCUT2D eigenvalue weighted by Crippen LogP contribution is -2.13. The highest BCUT2D eigenvalue weighted by atomic mass is 32.2. The zero-order valence-corrected chi connectivity index (χ0v) is 19.4. The molecule has 3 aromatic heterocycles. The molecule has 0 saturated heterocycles. The molecule has 0 aliphatic rings. The van der Waals surface area contributed by atoms with Crippen molar-refractivity contribution in [3.05, 3.63) is 58.9 Å². The fourth-order valence-electron chi connectivity index (χ4n) is 3.41. The predicted octanol–water partition coefficient (Wildman–Crippen LogP) is 4.34. The van der Waals surface area contributed by atoms with Crippen LogP contribution in [0.3, 0.4) is 0 Å². The Balaban J connectivity index is 1.87. The normalized spacial score (nSPS) is 10.8. The number of nitrogens with one attached hydrogen (secondary N) is 1. The first kappa shape index (κ1) is 22.2. The van der Waals surface area contributed by atoms with Crippen molar-refractivity contribution in [2.24, 2.45) is 0 Å². The lowest BCUT2D eigenvalue weighted by Gasteiger charge is -2.14. The molecule has 0 aliphatic carbocycles. The molecule has 0 fully saturated rings. The third-order valence-electron chi connectivity index (χ3n) is 5.02. The maximum Gasteiger partial charge on any atom is 0.343 e. The number of thioether (sulfide) groups is 1. The summed E-state index contributed by atoms with van der Waals surface area (Å²) in [5, 5.41) is 18.7. The minimum absolute atomic E-state index is 0.157. The van der Waals surface area contributed by atoms with E-state index in [2.05, 4.69) is 26.5 Å². The summed E-state index contributed by atoms with van der Waals surface area (Å²) < 4.78 is 6.68. The topological polar surface area (TPSA) is 119 Å². The second kappa shape index (κ2) is 9.26. The number of para-hydroxylation sites is 1. The lowest BCUT2D eigenvalue weighted by molar-refractivity contribution is 0.0526. The van der Waals surface area contributed by atoms with Gasteiger partial charge in [0, 0.05) is 11.6 Å². The Kier molecular flexibility index (Phi) is 6.24. The van der Waals surface area contributed by atoms with Gasteiger partial charge in [-0.25, -0.2) is 19.7 Å². The fourth-order valence-corrected chi connectivity index (χ4v) is 3.75. The quantitative estimate of drug-likeness (QED) is 0.255. The fraction of sp³-hybridized carbons (Fsp3) is 0.217. The average Bonchev–Trinajstić information content (AvgIpc) is 3.22. The monoisotopic (exact) mass is 459 g/mol. The number of fused-ring (bicyclic) bond motifs is 1. The molecule has 1 aromatic carbocycles. The van der Waals surface area contributed by atoms with Crippen LogP contribution in [0.2, 0.25) is 0 Å². The first-order valence-corrected chi connectivity index (χ1v) is 11.4. The first-order valence-electron chi connectivity index (χ1n) is 10.2. The smallest absolute Gasteiger partial charge is 0.343 e. The van der Waals surface area contributed by atoms with E-state index in [1.165, 1.54) is 28.8 Å². The minimum atomic E-state index is -0.562. The van der Waals surface area contributed by atoms with E-state index in [1.807, 2.05) is 44.4 Å². The van der Waals surface area contributed by atoms with Crippen molar-refractivity contribution < 1.29 is 9.53 Å². The van der Waals surface area contributed by atoms with Crippen LogP contribution in [0.4, 0.5) is 11.6 Å². The first-order chi connectivity index (χ1) is 16.0. The van der Waals surface area contributed by atoms with E-state index in [0.29, 0.717) is 16.8 Å². The Morgan fingerprint density at radius 1 is 1.24 bits per heavy atom. The lowest BCUT2D eigenvalue weighted by atomic mass is 10.1. The minimum Gasteiger partial charge on any atom is -0.462 e. The molecule has 166 valence electrons. The van der Waals surface area contributed by atoms with Crippen molar-refractivity contribution in [2.45, 2.75) is 25.9 Å². The summed E-state index contributed by atoms with van der Waals surface area (Å²) in [6.07, 6.45) is 4.69. The number of benzene rings is 1. The maximum atomic E-state index is 12.5. The van der Waals surface area contributed by atoms with Crippen LogP contribution in [0.1, 0.15) is 34.0 Å². The van der Waals surface area contributed by atoms with Gasteiger partial charge in [0.15, 0.2) is 22.6 Å². The maximum absolute atomic E-state index is 12.5. The number of hydrogen-bond acceptors (Lipinski definition) is 9. The van der Waals surface area contributed by atoms with Crippen LogP contribution < -0.4 is 5.32 Å². The molecule has 4 aromatic rings. The molecule has 0 radical (unpaired) electrons. The Hall–Kier alpha value is -3.97. The molecule has 1 N–H and O–H groups in total. The zero-order chi connectivity index (χ0) is 23.5. The van der Waals surface area contributed by atoms with Gasteiger partial charge >= 0.3 is 5.97 Å². The molecular formula is C23H21N7O2S. The van der Waals surface area contributed by atoms with Crippen molar-refractivity contribution in [3.8, 4) is 11.9 Å². The number of pyridine rings is 1. The molecule has 9 nitrogen and oxygen atoms in total.